The molecule has 1 aromatic carbocycles. The molecule has 0 saturated heterocycles. The Bertz CT molecular complexity index is 748. The molecule has 1 aromatic rings. The zero-order chi connectivity index (χ0) is 22.4. The van der Waals surface area contributed by atoms with E-state index in [4.69, 9.17) is 5.11 Å². The van der Waals surface area contributed by atoms with E-state index in [1.165, 1.54) is 0 Å². The maximum atomic E-state index is 11.2. The second kappa shape index (κ2) is 10.2. The lowest BCUT2D eigenvalue weighted by atomic mass is 9.87. The van der Waals surface area contributed by atoms with E-state index in [0.29, 0.717) is 19.3 Å². The Balaban J connectivity index is 1.74. The van der Waals surface area contributed by atoms with Crippen LogP contribution in [0.4, 0.5) is 0 Å². The Hall–Kier alpha value is -2.24. The molecular weight excluding hydrogens is 384 g/mol. The smallest absolute Gasteiger partial charge is 0.309 e. The fourth-order valence-corrected chi connectivity index (χ4v) is 3.93. The molecule has 2 rings (SSSR count). The van der Waals surface area contributed by atoms with Gasteiger partial charge in [0.05, 0.1) is 10.8 Å². The molecule has 6 nitrogen and oxygen atoms in total. The highest BCUT2D eigenvalue weighted by molar-refractivity contribution is 5.77. The van der Waals surface area contributed by atoms with Crippen LogP contribution in [-0.4, -0.2) is 32.4 Å². The molecule has 6 heteroatoms. The highest BCUT2D eigenvalue weighted by Crippen LogP contribution is 2.50. The van der Waals surface area contributed by atoms with Crippen LogP contribution in [0.3, 0.4) is 0 Å². The van der Waals surface area contributed by atoms with E-state index >= 15 is 0 Å². The second-order valence-electron chi connectivity index (χ2n) is 9.52. The van der Waals surface area contributed by atoms with Gasteiger partial charge in [0.15, 0.2) is 11.5 Å². The van der Waals surface area contributed by atoms with Crippen LogP contribution in [0.15, 0.2) is 12.1 Å². The molecule has 0 radical (unpaired) electrons. The number of phenolic OH excluding ortho intramolecular Hbond substituents is 2. The molecule has 168 valence electrons. The first-order valence-electron chi connectivity index (χ1n) is 11.1. The van der Waals surface area contributed by atoms with Crippen molar-refractivity contribution in [2.24, 2.45) is 10.8 Å². The number of aryl methyl sites for hydroxylation is 2. The van der Waals surface area contributed by atoms with Gasteiger partial charge in [-0.3, -0.25) is 9.59 Å². The van der Waals surface area contributed by atoms with Crippen molar-refractivity contribution in [1.82, 2.24) is 0 Å². The molecule has 1 fully saturated rings. The Morgan fingerprint density at radius 3 is 2.17 bits per heavy atom. The monoisotopic (exact) mass is 420 g/mol. The fourth-order valence-electron chi connectivity index (χ4n) is 3.93. The zero-order valence-corrected chi connectivity index (χ0v) is 18.2. The highest BCUT2D eigenvalue weighted by Gasteiger charge is 2.49. The third-order valence-corrected chi connectivity index (χ3v) is 6.48. The average molecular weight is 421 g/mol. The van der Waals surface area contributed by atoms with Gasteiger partial charge in [0.25, 0.3) is 0 Å². The molecule has 4 N–H and O–H groups in total. The predicted molar refractivity (Wildman–Crippen MR) is 115 cm³/mol. The van der Waals surface area contributed by atoms with Crippen molar-refractivity contribution in [3.8, 4) is 11.5 Å². The highest BCUT2D eigenvalue weighted by atomic mass is 16.4. The molecule has 0 heterocycles. The summed E-state index contributed by atoms with van der Waals surface area (Å²) in [5, 5.41) is 38.6. The topological polar surface area (TPSA) is 115 Å². The van der Waals surface area contributed by atoms with E-state index in [1.807, 2.05) is 6.07 Å². The summed E-state index contributed by atoms with van der Waals surface area (Å²) in [4.78, 5) is 22.4. The molecule has 0 atom stereocenters. The molecule has 0 aromatic heterocycles. The average Bonchev–Trinajstić information content (AvgIpc) is 3.46. The summed E-state index contributed by atoms with van der Waals surface area (Å²) in [6.07, 6.45) is 9.63. The molecule has 0 spiro atoms. The first-order chi connectivity index (χ1) is 14.1. The third-order valence-electron chi connectivity index (χ3n) is 6.48. The van der Waals surface area contributed by atoms with Gasteiger partial charge in [-0.05, 0) is 82.4 Å². The first kappa shape index (κ1) is 24.0. The standard InChI is InChI=1S/C24H36O6/c1-23(2,21(27)28)11-7-4-3-5-10-18-15-17(16-19(25)20(18)26)9-6-8-12-24(13-14-24)22(29)30/h15-16,25-26H,3-14H2,1-2H3,(H,27,28)(H,29,30). The van der Waals surface area contributed by atoms with Gasteiger partial charge in [-0.15, -0.1) is 0 Å². The van der Waals surface area contributed by atoms with Crippen LogP contribution in [0.1, 0.15) is 89.2 Å². The number of rotatable bonds is 14. The van der Waals surface area contributed by atoms with E-state index in [2.05, 4.69) is 0 Å². The summed E-state index contributed by atoms with van der Waals surface area (Å²) in [6.45, 7) is 3.49. The Morgan fingerprint density at radius 2 is 1.57 bits per heavy atom. The lowest BCUT2D eigenvalue weighted by Crippen LogP contribution is -2.23. The van der Waals surface area contributed by atoms with Crippen molar-refractivity contribution in [2.75, 3.05) is 0 Å². The number of hydrogen-bond acceptors (Lipinski definition) is 4. The van der Waals surface area contributed by atoms with E-state index in [0.717, 1.165) is 68.9 Å². The van der Waals surface area contributed by atoms with Crippen molar-refractivity contribution in [3.05, 3.63) is 23.3 Å². The fraction of sp³-hybridized carbons (Fsp3) is 0.667. The second-order valence-corrected chi connectivity index (χ2v) is 9.52. The minimum Gasteiger partial charge on any atom is -0.504 e. The molecule has 0 amide bonds. The number of aliphatic carboxylic acids is 2. The summed E-state index contributed by atoms with van der Waals surface area (Å²) in [7, 11) is 0. The van der Waals surface area contributed by atoms with Crippen LogP contribution in [0.25, 0.3) is 0 Å². The minimum absolute atomic E-state index is 0.0615. The molecule has 1 saturated carbocycles. The number of carboxylic acids is 2. The molecule has 0 bridgehead atoms. The maximum absolute atomic E-state index is 11.2. The van der Waals surface area contributed by atoms with Gasteiger partial charge >= 0.3 is 11.9 Å². The largest absolute Gasteiger partial charge is 0.504 e. The number of hydrogen-bond donors (Lipinski definition) is 4. The Labute approximate surface area is 178 Å². The predicted octanol–water partition coefficient (Wildman–Crippen LogP) is 5.28. The Morgan fingerprint density at radius 1 is 0.933 bits per heavy atom. The van der Waals surface area contributed by atoms with E-state index in [-0.39, 0.29) is 11.5 Å². The first-order valence-corrected chi connectivity index (χ1v) is 11.1. The summed E-state index contributed by atoms with van der Waals surface area (Å²) >= 11 is 0. The normalized spacial score (nSPS) is 15.1. The van der Waals surface area contributed by atoms with Crippen molar-refractivity contribution >= 4 is 11.9 Å². The minimum atomic E-state index is -0.769. The lowest BCUT2D eigenvalue weighted by molar-refractivity contribution is -0.147. The molecular formula is C24H36O6. The SMILES string of the molecule is CC(C)(CCCCCCc1cc(CCCCC2(C(=O)O)CC2)cc(O)c1O)C(=O)O. The van der Waals surface area contributed by atoms with Gasteiger partial charge in [-0.25, -0.2) is 0 Å². The van der Waals surface area contributed by atoms with Gasteiger partial charge in [0, 0.05) is 0 Å². The quantitative estimate of drug-likeness (QED) is 0.240. The van der Waals surface area contributed by atoms with Crippen LogP contribution in [0.2, 0.25) is 0 Å². The number of aromatic hydroxyl groups is 2. The number of unbranched alkanes of at least 4 members (excludes halogenated alkanes) is 4. The van der Waals surface area contributed by atoms with Gasteiger partial charge in [0.1, 0.15) is 0 Å². The van der Waals surface area contributed by atoms with Crippen LogP contribution >= 0.6 is 0 Å². The van der Waals surface area contributed by atoms with Crippen molar-refractivity contribution < 1.29 is 30.0 Å². The summed E-state index contributed by atoms with van der Waals surface area (Å²) in [5.41, 5.74) is 0.521. The number of phenols is 2. The maximum Gasteiger partial charge on any atom is 0.309 e. The van der Waals surface area contributed by atoms with Crippen molar-refractivity contribution in [2.45, 2.75) is 90.9 Å². The third kappa shape index (κ3) is 6.64. The van der Waals surface area contributed by atoms with Crippen LogP contribution in [0.5, 0.6) is 11.5 Å². The van der Waals surface area contributed by atoms with E-state index in [1.54, 1.807) is 19.9 Å². The zero-order valence-electron chi connectivity index (χ0n) is 18.2. The lowest BCUT2D eigenvalue weighted by Gasteiger charge is -2.18. The molecule has 30 heavy (non-hydrogen) atoms. The summed E-state index contributed by atoms with van der Waals surface area (Å²) < 4.78 is 0. The summed E-state index contributed by atoms with van der Waals surface area (Å²) in [6, 6.07) is 3.53. The van der Waals surface area contributed by atoms with Crippen LogP contribution in [0, 0.1) is 10.8 Å². The van der Waals surface area contributed by atoms with E-state index < -0.39 is 22.8 Å². The Kier molecular flexibility index (Phi) is 8.16. The summed E-state index contributed by atoms with van der Waals surface area (Å²) in [5.74, 6) is -1.61. The van der Waals surface area contributed by atoms with Crippen molar-refractivity contribution in [1.29, 1.82) is 0 Å². The van der Waals surface area contributed by atoms with E-state index in [9.17, 15) is 24.9 Å². The van der Waals surface area contributed by atoms with Gasteiger partial charge in [-0.1, -0.05) is 31.7 Å². The number of carbonyl (C=O) groups is 2. The van der Waals surface area contributed by atoms with Gasteiger partial charge < -0.3 is 20.4 Å². The van der Waals surface area contributed by atoms with Gasteiger partial charge in [0.2, 0.25) is 0 Å². The van der Waals surface area contributed by atoms with Crippen LogP contribution < -0.4 is 0 Å². The van der Waals surface area contributed by atoms with Crippen LogP contribution in [-0.2, 0) is 22.4 Å². The molecule has 1 aliphatic carbocycles. The molecule has 1 aliphatic rings. The molecule has 0 aliphatic heterocycles. The van der Waals surface area contributed by atoms with Crippen molar-refractivity contribution in [3.63, 3.8) is 0 Å². The molecule has 0 unspecified atom stereocenters. The number of benzene rings is 1. The number of carboxylic acid groups (broad SMARTS) is 2. The van der Waals surface area contributed by atoms with Gasteiger partial charge in [-0.2, -0.15) is 0 Å².